The second-order valence-electron chi connectivity index (χ2n) is 0.354. The SMILES string of the molecule is B=[C][C]=B. The quantitative estimate of drug-likeness (QED) is 0.305. The molecule has 0 heterocycles. The van der Waals surface area contributed by atoms with Crippen LogP contribution in [0.1, 0.15) is 0 Å². The normalized spacial score (nSPS) is 4.50. The van der Waals surface area contributed by atoms with Gasteiger partial charge in [0.15, 0.2) is 0 Å². The standard InChI is InChI=1S/C2H2B2/c3-1-2-4/h3-4H. The van der Waals surface area contributed by atoms with Gasteiger partial charge in [0.05, 0.1) is 0 Å². The molecule has 0 rings (SSSR count). The molecule has 2 heteroatoms. The Kier molecular flexibility index (Phi) is 2.78. The van der Waals surface area contributed by atoms with Crippen molar-refractivity contribution in [3.63, 3.8) is 0 Å². The monoisotopic (exact) mass is 48.0 g/mol. The van der Waals surface area contributed by atoms with E-state index in [0.29, 0.717) is 0 Å². The van der Waals surface area contributed by atoms with Crippen LogP contribution in [0.3, 0.4) is 0 Å². The van der Waals surface area contributed by atoms with Crippen molar-refractivity contribution < 1.29 is 0 Å². The van der Waals surface area contributed by atoms with Gasteiger partial charge in [-0.05, 0) is 0 Å². The molecule has 0 unspecified atom stereocenters. The molecule has 0 bridgehead atoms. The van der Waals surface area contributed by atoms with Crippen LogP contribution in [0.15, 0.2) is 0 Å². The summed E-state index contributed by atoms with van der Waals surface area (Å²) in [7, 11) is 6.36. The molecule has 0 aromatic rings. The first-order valence-electron chi connectivity index (χ1n) is 0.957. The van der Waals surface area contributed by atoms with Gasteiger partial charge in [0.1, 0.15) is 0 Å². The Morgan fingerprint density at radius 3 is 1.25 bits per heavy atom. The molecule has 16 valence electrons. The Morgan fingerprint density at radius 1 is 1.00 bits per heavy atom. The average molecular weight is 47.7 g/mol. The summed E-state index contributed by atoms with van der Waals surface area (Å²) >= 11 is 0. The first kappa shape index (κ1) is 3.87. The first-order chi connectivity index (χ1) is 1.91. The Bertz CT molecular complexity index is 25.0. The number of hydrogen-bond acceptors (Lipinski definition) is 0. The number of hydrogen-bond donors (Lipinski definition) is 0. The molecule has 0 N–H and O–H groups in total. The molecule has 0 saturated heterocycles. The summed E-state index contributed by atoms with van der Waals surface area (Å²) in [6.45, 7) is 0. The van der Waals surface area contributed by atoms with Gasteiger partial charge in [-0.3, -0.25) is 0 Å². The molecule has 0 aliphatic rings. The molecule has 0 nitrogen and oxygen atoms in total. The van der Waals surface area contributed by atoms with E-state index >= 15 is 0 Å². The van der Waals surface area contributed by atoms with Gasteiger partial charge >= 0.3 is 26.9 Å². The molecule has 0 aromatic heterocycles. The van der Waals surface area contributed by atoms with Crippen LogP contribution in [0.4, 0.5) is 0 Å². The fourth-order valence-corrected chi connectivity index (χ4v) is 0. The third-order valence-corrected chi connectivity index (χ3v) is 0.125. The maximum atomic E-state index is 3.18. The van der Waals surface area contributed by atoms with Crippen LogP contribution < -0.4 is 0 Å². The molecule has 0 atom stereocenters. The summed E-state index contributed by atoms with van der Waals surface area (Å²) in [4.78, 5) is 0. The molecule has 0 aliphatic carbocycles. The molecule has 4 heavy (non-hydrogen) atoms. The van der Waals surface area contributed by atoms with E-state index in [9.17, 15) is 0 Å². The fourth-order valence-electron chi connectivity index (χ4n) is 0. The summed E-state index contributed by atoms with van der Waals surface area (Å²) in [5.74, 6) is 4.64. The van der Waals surface area contributed by atoms with Crippen molar-refractivity contribution in [2.45, 2.75) is 0 Å². The molecule has 0 spiro atoms. The Morgan fingerprint density at radius 2 is 1.25 bits per heavy atom. The summed E-state index contributed by atoms with van der Waals surface area (Å²) in [6, 6.07) is 0. The predicted molar refractivity (Wildman–Crippen MR) is 24.3 cm³/mol. The minimum atomic E-state index is 2.32. The molecule has 0 aromatic carbocycles. The van der Waals surface area contributed by atoms with Crippen molar-refractivity contribution in [2.24, 2.45) is 0 Å². The zero-order chi connectivity index (χ0) is 3.41. The Labute approximate surface area is 28.0 Å². The van der Waals surface area contributed by atoms with E-state index in [1.807, 2.05) is 0 Å². The predicted octanol–water partition coefficient (Wildman–Crippen LogP) is -1.85. The van der Waals surface area contributed by atoms with Crippen molar-refractivity contribution >= 4 is 26.9 Å². The minimum absolute atomic E-state index is 2.32. The topological polar surface area (TPSA) is 0 Å². The fraction of sp³-hybridized carbons (Fsp3) is 0. The van der Waals surface area contributed by atoms with Gasteiger partial charge < -0.3 is 0 Å². The summed E-state index contributed by atoms with van der Waals surface area (Å²) in [5.41, 5.74) is 0. The maximum absolute atomic E-state index is 3.18. The molecular formula is C2H2B2. The van der Waals surface area contributed by atoms with Crippen molar-refractivity contribution in [2.75, 3.05) is 0 Å². The summed E-state index contributed by atoms with van der Waals surface area (Å²) in [5, 5.41) is 0. The van der Waals surface area contributed by atoms with Crippen molar-refractivity contribution in [1.82, 2.24) is 0 Å². The van der Waals surface area contributed by atoms with Gasteiger partial charge in [-0.15, -0.1) is 0 Å². The van der Waals surface area contributed by atoms with Gasteiger partial charge in [0, 0.05) is 0 Å². The zero-order valence-electron chi connectivity index (χ0n) is 2.41. The van der Waals surface area contributed by atoms with Crippen LogP contribution in [0.25, 0.3) is 0 Å². The van der Waals surface area contributed by atoms with E-state index in [-0.39, 0.29) is 0 Å². The van der Waals surface area contributed by atoms with E-state index in [4.69, 9.17) is 0 Å². The molecule has 0 amide bonds. The van der Waals surface area contributed by atoms with Gasteiger partial charge in [0.25, 0.3) is 0 Å². The Hall–Kier alpha value is -0.130. The van der Waals surface area contributed by atoms with Crippen LogP contribution in [0.5, 0.6) is 0 Å². The second kappa shape index (κ2) is 2.87. The second-order valence-corrected chi connectivity index (χ2v) is 0.354. The van der Waals surface area contributed by atoms with Gasteiger partial charge in [0.2, 0.25) is 0 Å². The van der Waals surface area contributed by atoms with Gasteiger partial charge in [-0.1, -0.05) is 0 Å². The average Bonchev–Trinajstić information content (AvgIpc) is 1.37. The molecule has 0 fully saturated rings. The molecule has 0 aliphatic heterocycles. The van der Waals surface area contributed by atoms with Crippen LogP contribution in [0, 0.1) is 0 Å². The van der Waals surface area contributed by atoms with Crippen LogP contribution >= 0.6 is 0 Å². The van der Waals surface area contributed by atoms with E-state index in [1.54, 1.807) is 0 Å². The van der Waals surface area contributed by atoms with Crippen LogP contribution in [0.2, 0.25) is 0 Å². The third kappa shape index (κ3) is 1.87. The van der Waals surface area contributed by atoms with Crippen molar-refractivity contribution in [3.8, 4) is 0 Å². The molecular weight excluding hydrogens is 45.6 g/mol. The van der Waals surface area contributed by atoms with Gasteiger partial charge in [-0.2, -0.15) is 0 Å². The van der Waals surface area contributed by atoms with E-state index in [1.165, 1.54) is 0 Å². The van der Waals surface area contributed by atoms with Crippen LogP contribution in [-0.4, -0.2) is 26.9 Å². The van der Waals surface area contributed by atoms with Crippen molar-refractivity contribution in [1.29, 1.82) is 0 Å². The van der Waals surface area contributed by atoms with E-state index < -0.39 is 0 Å². The summed E-state index contributed by atoms with van der Waals surface area (Å²) in [6.07, 6.45) is 0. The zero-order valence-corrected chi connectivity index (χ0v) is 2.41. The number of rotatable bonds is 1. The molecule has 0 saturated carbocycles. The van der Waals surface area contributed by atoms with E-state index in [2.05, 4.69) is 26.9 Å². The van der Waals surface area contributed by atoms with Crippen LogP contribution in [-0.2, 0) is 0 Å². The Balaban J connectivity index is 2.73. The third-order valence-electron chi connectivity index (χ3n) is 0.125. The van der Waals surface area contributed by atoms with E-state index in [0.717, 1.165) is 0 Å². The molecule has 2 radical (unpaired) electrons. The first-order valence-corrected chi connectivity index (χ1v) is 0.957. The van der Waals surface area contributed by atoms with Gasteiger partial charge in [-0.25, -0.2) is 0 Å². The van der Waals surface area contributed by atoms with Crippen molar-refractivity contribution in [3.05, 3.63) is 0 Å². The summed E-state index contributed by atoms with van der Waals surface area (Å²) < 4.78 is 0.